The molecule has 0 spiro atoms. The van der Waals surface area contributed by atoms with Gasteiger partial charge in [0, 0.05) is 0 Å². The summed E-state index contributed by atoms with van der Waals surface area (Å²) in [6.45, 7) is 1.47. The molecule has 3 heteroatoms. The third kappa shape index (κ3) is 1.05. The Kier molecular flexibility index (Phi) is 1.28. The maximum absolute atomic E-state index is 10.7. The van der Waals surface area contributed by atoms with E-state index < -0.39 is 0 Å². The molecule has 0 fully saturated rings. The molecule has 55 valence electrons. The van der Waals surface area contributed by atoms with Crippen molar-refractivity contribution in [1.82, 2.24) is 0 Å². The van der Waals surface area contributed by atoms with Crippen LogP contribution in [0.5, 0.6) is 5.75 Å². The highest BCUT2D eigenvalue weighted by Gasteiger charge is 2.13. The number of hydroxylamine groups is 1. The summed E-state index contributed by atoms with van der Waals surface area (Å²) in [6.07, 6.45) is 1.13. The summed E-state index contributed by atoms with van der Waals surface area (Å²) in [4.78, 5) is 0. The standard InChI is InChI=1S/C8H6NO2/c10-9-5-7-3-1-2-4-8(7)11-6-9/h1-6H. The quantitative estimate of drug-likeness (QED) is 0.408. The van der Waals surface area contributed by atoms with Crippen LogP contribution in [0.4, 0.5) is 0 Å². The largest absolute Gasteiger partial charge is 0.621 e. The predicted molar refractivity (Wildman–Crippen MR) is 40.2 cm³/mol. The number of hydrogen-bond donors (Lipinski definition) is 0. The van der Waals surface area contributed by atoms with Gasteiger partial charge in [-0.1, -0.05) is 12.1 Å². The van der Waals surface area contributed by atoms with Gasteiger partial charge in [-0.3, -0.25) is 0 Å². The van der Waals surface area contributed by atoms with Gasteiger partial charge in [0.15, 0.2) is 0 Å². The highest BCUT2D eigenvalue weighted by atomic mass is 16.5. The van der Waals surface area contributed by atoms with Crippen LogP contribution >= 0.6 is 0 Å². The van der Waals surface area contributed by atoms with Crippen molar-refractivity contribution in [2.24, 2.45) is 0 Å². The van der Waals surface area contributed by atoms with Crippen LogP contribution in [0, 0.1) is 11.8 Å². The lowest BCUT2D eigenvalue weighted by Gasteiger charge is -2.11. The Balaban J connectivity index is 2.42. The van der Waals surface area contributed by atoms with Crippen LogP contribution in [0.2, 0.25) is 0 Å². The van der Waals surface area contributed by atoms with Gasteiger partial charge in [0.25, 0.3) is 6.54 Å². The minimum absolute atomic E-state index is 0.641. The highest BCUT2D eigenvalue weighted by molar-refractivity contribution is 5.53. The van der Waals surface area contributed by atoms with E-state index in [-0.39, 0.29) is 0 Å². The molecule has 1 radical (unpaired) electrons. The molecule has 1 heterocycles. The summed E-state index contributed by atoms with van der Waals surface area (Å²) in [7, 11) is 0. The van der Waals surface area contributed by atoms with Crippen LogP contribution in [-0.2, 0) is 0 Å². The molecular weight excluding hydrogens is 142 g/mol. The second-order valence-electron chi connectivity index (χ2n) is 2.25. The molecular formula is C8H6NO2. The van der Waals surface area contributed by atoms with E-state index in [4.69, 9.17) is 4.74 Å². The highest BCUT2D eigenvalue weighted by Crippen LogP contribution is 2.21. The second-order valence-corrected chi connectivity index (χ2v) is 2.25. The number of para-hydroxylation sites is 1. The van der Waals surface area contributed by atoms with Gasteiger partial charge in [0.2, 0.25) is 0 Å². The van der Waals surface area contributed by atoms with Crippen molar-refractivity contribution in [2.75, 3.05) is 0 Å². The topological polar surface area (TPSA) is 35.3 Å². The average Bonchev–Trinajstić information content (AvgIpc) is 2.04. The number of rotatable bonds is 0. The zero-order chi connectivity index (χ0) is 7.68. The summed E-state index contributed by atoms with van der Waals surface area (Å²) in [5, 5.41) is 10.7. The first-order valence-electron chi connectivity index (χ1n) is 3.25. The summed E-state index contributed by atoms with van der Waals surface area (Å²) in [5.74, 6) is 0.722. The Morgan fingerprint density at radius 3 is 3.00 bits per heavy atom. The van der Waals surface area contributed by atoms with Gasteiger partial charge in [-0.05, 0) is 12.1 Å². The molecule has 0 aliphatic carbocycles. The van der Waals surface area contributed by atoms with E-state index in [0.717, 1.165) is 17.7 Å². The first-order chi connectivity index (χ1) is 5.36. The number of ether oxygens (including phenoxy) is 1. The Labute approximate surface area is 64.1 Å². The number of hydrogen-bond acceptors (Lipinski definition) is 2. The molecule has 0 saturated heterocycles. The molecule has 2 rings (SSSR count). The molecule has 1 aliphatic heterocycles. The molecule has 11 heavy (non-hydrogen) atoms. The molecule has 1 aromatic carbocycles. The fourth-order valence-corrected chi connectivity index (χ4v) is 0.971. The fourth-order valence-electron chi connectivity index (χ4n) is 0.971. The van der Waals surface area contributed by atoms with E-state index in [9.17, 15) is 5.21 Å². The van der Waals surface area contributed by atoms with E-state index in [1.54, 1.807) is 0 Å². The number of benzene rings is 1. The maximum Gasteiger partial charge on any atom is 0.341 e. The van der Waals surface area contributed by atoms with E-state index in [1.165, 1.54) is 6.54 Å². The monoisotopic (exact) mass is 148 g/mol. The van der Waals surface area contributed by atoms with Crippen molar-refractivity contribution in [3.63, 3.8) is 0 Å². The molecule has 0 saturated carbocycles. The van der Waals surface area contributed by atoms with Gasteiger partial charge >= 0.3 is 6.40 Å². The van der Waals surface area contributed by atoms with E-state index in [0.29, 0.717) is 4.74 Å². The zero-order valence-corrected chi connectivity index (χ0v) is 5.73. The van der Waals surface area contributed by atoms with Crippen LogP contribution in [0.3, 0.4) is 0 Å². The molecule has 1 aromatic rings. The molecule has 0 aromatic heterocycles. The van der Waals surface area contributed by atoms with Crippen LogP contribution in [-0.4, -0.2) is 11.1 Å². The first kappa shape index (κ1) is 6.22. The van der Waals surface area contributed by atoms with Crippen LogP contribution in [0.1, 0.15) is 5.56 Å². The third-order valence-electron chi connectivity index (χ3n) is 1.47. The van der Waals surface area contributed by atoms with Crippen molar-refractivity contribution in [3.05, 3.63) is 41.6 Å². The van der Waals surface area contributed by atoms with Gasteiger partial charge in [-0.25, -0.2) is 0 Å². The smallest absolute Gasteiger partial charge is 0.341 e. The van der Waals surface area contributed by atoms with Gasteiger partial charge in [-0.15, -0.1) is 0 Å². The van der Waals surface area contributed by atoms with Gasteiger partial charge in [0.05, 0.1) is 5.56 Å². The SMILES string of the molecule is [O-][N+]1=COc2ccccc2[CH]1. The van der Waals surface area contributed by atoms with Gasteiger partial charge < -0.3 is 9.94 Å². The van der Waals surface area contributed by atoms with E-state index in [2.05, 4.69) is 0 Å². The summed E-state index contributed by atoms with van der Waals surface area (Å²) >= 11 is 0. The Bertz CT molecular complexity index is 307. The average molecular weight is 148 g/mol. The normalized spacial score (nSPS) is 14.7. The predicted octanol–water partition coefficient (Wildman–Crippen LogP) is 1.13. The minimum atomic E-state index is 0.641. The molecule has 0 N–H and O–H groups in total. The van der Waals surface area contributed by atoms with Crippen LogP contribution in [0.15, 0.2) is 24.3 Å². The second kappa shape index (κ2) is 2.27. The molecule has 1 aliphatic rings. The van der Waals surface area contributed by atoms with Crippen molar-refractivity contribution in [2.45, 2.75) is 0 Å². The Morgan fingerprint density at radius 1 is 1.27 bits per heavy atom. The molecule has 0 unspecified atom stereocenters. The van der Waals surface area contributed by atoms with E-state index in [1.807, 2.05) is 24.3 Å². The molecule has 0 atom stereocenters. The summed E-state index contributed by atoms with van der Waals surface area (Å²) in [5.41, 5.74) is 0.810. The lowest BCUT2D eigenvalue weighted by Crippen LogP contribution is -2.13. The van der Waals surface area contributed by atoms with Gasteiger partial charge in [0.1, 0.15) is 5.75 Å². The van der Waals surface area contributed by atoms with Crippen molar-refractivity contribution < 1.29 is 9.48 Å². The van der Waals surface area contributed by atoms with Crippen molar-refractivity contribution >= 4 is 6.40 Å². The lowest BCUT2D eigenvalue weighted by molar-refractivity contribution is -0.411. The maximum atomic E-state index is 10.7. The van der Waals surface area contributed by atoms with Crippen LogP contribution < -0.4 is 4.74 Å². The summed E-state index contributed by atoms with van der Waals surface area (Å²) < 4.78 is 5.63. The number of nitrogens with zero attached hydrogens (tertiary/aromatic N) is 1. The van der Waals surface area contributed by atoms with Gasteiger partial charge in [-0.2, -0.15) is 4.74 Å². The molecule has 0 bridgehead atoms. The Hall–Kier alpha value is -1.51. The third-order valence-corrected chi connectivity index (χ3v) is 1.47. The summed E-state index contributed by atoms with van der Waals surface area (Å²) in [6, 6.07) is 7.36. The molecule has 3 nitrogen and oxygen atoms in total. The fraction of sp³-hybridized carbons (Fsp3) is 0. The van der Waals surface area contributed by atoms with Crippen LogP contribution in [0.25, 0.3) is 0 Å². The number of fused-ring (bicyclic) bond motifs is 1. The van der Waals surface area contributed by atoms with E-state index >= 15 is 0 Å². The zero-order valence-electron chi connectivity index (χ0n) is 5.73. The lowest BCUT2D eigenvalue weighted by atomic mass is 10.2. The Morgan fingerprint density at radius 2 is 2.09 bits per heavy atom. The molecule has 0 amide bonds. The first-order valence-corrected chi connectivity index (χ1v) is 3.25. The van der Waals surface area contributed by atoms with Crippen molar-refractivity contribution in [1.29, 1.82) is 0 Å². The van der Waals surface area contributed by atoms with Crippen molar-refractivity contribution in [3.8, 4) is 5.75 Å². The minimum Gasteiger partial charge on any atom is -0.621 e.